The summed E-state index contributed by atoms with van der Waals surface area (Å²) in [4.78, 5) is 12.4. The fraction of sp³-hybridized carbons (Fsp3) is 0.150. The van der Waals surface area contributed by atoms with Gasteiger partial charge in [-0.3, -0.25) is 4.79 Å². The molecule has 1 amide bonds. The molecule has 0 aliphatic carbocycles. The molecule has 3 heterocycles. The zero-order valence-corrected chi connectivity index (χ0v) is 16.2. The zero-order chi connectivity index (χ0) is 18.4. The van der Waals surface area contributed by atoms with E-state index < -0.39 is 0 Å². The van der Waals surface area contributed by atoms with E-state index >= 15 is 0 Å². The van der Waals surface area contributed by atoms with Gasteiger partial charge in [0, 0.05) is 12.1 Å². The van der Waals surface area contributed by atoms with Crippen molar-refractivity contribution < 1.29 is 23.7 Å². The minimum Gasteiger partial charge on any atom is -0.454 e. The van der Waals surface area contributed by atoms with Gasteiger partial charge in [-0.15, -0.1) is 0 Å². The van der Waals surface area contributed by atoms with Crippen LogP contribution in [0.25, 0.3) is 12.2 Å². The van der Waals surface area contributed by atoms with Gasteiger partial charge in [-0.2, -0.15) is 0 Å². The van der Waals surface area contributed by atoms with Crippen LogP contribution in [-0.2, 0) is 4.79 Å². The summed E-state index contributed by atoms with van der Waals surface area (Å²) in [5.41, 5.74) is 3.44. The number of amides is 1. The lowest BCUT2D eigenvalue weighted by Crippen LogP contribution is -2.14. The first-order valence-corrected chi connectivity index (χ1v) is 9.45. The van der Waals surface area contributed by atoms with Crippen LogP contribution in [0.1, 0.15) is 11.1 Å². The Morgan fingerprint density at radius 1 is 0.926 bits per heavy atom. The molecule has 0 atom stereocenters. The van der Waals surface area contributed by atoms with Crippen molar-refractivity contribution in [1.29, 1.82) is 0 Å². The Morgan fingerprint density at radius 3 is 2.63 bits per heavy atom. The predicted molar refractivity (Wildman–Crippen MR) is 107 cm³/mol. The van der Waals surface area contributed by atoms with E-state index in [2.05, 4.69) is 27.9 Å². The molecule has 1 fully saturated rings. The first kappa shape index (κ1) is 16.5. The predicted octanol–water partition coefficient (Wildman–Crippen LogP) is 3.35. The Hall–Kier alpha value is -2.68. The third kappa shape index (κ3) is 2.91. The summed E-state index contributed by atoms with van der Waals surface area (Å²) in [6.07, 6.45) is 3.89. The minimum absolute atomic E-state index is 0.0875. The highest BCUT2D eigenvalue weighted by molar-refractivity contribution is 14.1. The van der Waals surface area contributed by atoms with Crippen molar-refractivity contribution in [3.8, 4) is 23.0 Å². The number of ether oxygens (including phenoxy) is 4. The summed E-state index contributed by atoms with van der Waals surface area (Å²) >= 11 is 2.22. The maximum Gasteiger partial charge on any atom is 0.251 e. The highest BCUT2D eigenvalue weighted by Crippen LogP contribution is 2.39. The van der Waals surface area contributed by atoms with Crippen LogP contribution in [0.3, 0.4) is 0 Å². The van der Waals surface area contributed by atoms with Crippen molar-refractivity contribution in [1.82, 2.24) is 5.32 Å². The molecule has 1 saturated heterocycles. The minimum atomic E-state index is -0.0875. The summed E-state index contributed by atoms with van der Waals surface area (Å²) in [6, 6.07) is 9.55. The molecule has 7 heteroatoms. The summed E-state index contributed by atoms with van der Waals surface area (Å²) in [5.74, 6) is 2.83. The lowest BCUT2D eigenvalue weighted by molar-refractivity contribution is -0.116. The van der Waals surface area contributed by atoms with Gasteiger partial charge in [0.2, 0.25) is 13.6 Å². The largest absolute Gasteiger partial charge is 0.454 e. The van der Waals surface area contributed by atoms with E-state index in [0.717, 1.165) is 43.3 Å². The normalized spacial score (nSPS) is 19.8. The molecule has 6 nitrogen and oxygen atoms in total. The molecule has 0 spiro atoms. The highest BCUT2D eigenvalue weighted by Gasteiger charge is 2.24. The molecule has 3 aliphatic heterocycles. The first-order chi connectivity index (χ1) is 13.2. The number of carbonyl (C=O) groups is 1. The van der Waals surface area contributed by atoms with E-state index in [0.29, 0.717) is 12.1 Å². The van der Waals surface area contributed by atoms with E-state index in [4.69, 9.17) is 18.9 Å². The van der Waals surface area contributed by atoms with Crippen LogP contribution in [0, 0.1) is 3.57 Å². The zero-order valence-electron chi connectivity index (χ0n) is 14.1. The van der Waals surface area contributed by atoms with Gasteiger partial charge in [-0.25, -0.2) is 0 Å². The average molecular weight is 475 g/mol. The number of carbonyl (C=O) groups excluding carboxylic acids is 1. The number of benzene rings is 2. The van der Waals surface area contributed by atoms with Crippen molar-refractivity contribution in [2.24, 2.45) is 0 Å². The SMILES string of the molecule is O=C1NCC(=Cc2ccc3c(c2)OCO3)C1=Cc1ccc2c(c1I)OCO2. The monoisotopic (exact) mass is 475 g/mol. The van der Waals surface area contributed by atoms with Gasteiger partial charge in [0.25, 0.3) is 5.91 Å². The van der Waals surface area contributed by atoms with Crippen LogP contribution in [0.4, 0.5) is 0 Å². The molecule has 0 radical (unpaired) electrons. The first-order valence-electron chi connectivity index (χ1n) is 8.37. The maximum absolute atomic E-state index is 12.4. The lowest BCUT2D eigenvalue weighted by atomic mass is 10.0. The van der Waals surface area contributed by atoms with Gasteiger partial charge in [-0.1, -0.05) is 6.07 Å². The third-order valence-corrected chi connectivity index (χ3v) is 5.69. The molecule has 2 aromatic rings. The molecule has 27 heavy (non-hydrogen) atoms. The van der Waals surface area contributed by atoms with Crippen molar-refractivity contribution in [3.05, 3.63) is 56.2 Å². The molecule has 0 aromatic heterocycles. The maximum atomic E-state index is 12.4. The smallest absolute Gasteiger partial charge is 0.251 e. The van der Waals surface area contributed by atoms with Gasteiger partial charge in [0.15, 0.2) is 23.0 Å². The number of nitrogens with one attached hydrogen (secondary N) is 1. The Bertz CT molecular complexity index is 1030. The van der Waals surface area contributed by atoms with Gasteiger partial charge in [0.05, 0.1) is 3.57 Å². The fourth-order valence-corrected chi connectivity index (χ4v) is 3.98. The van der Waals surface area contributed by atoms with Crippen LogP contribution < -0.4 is 24.3 Å². The highest BCUT2D eigenvalue weighted by atomic mass is 127. The van der Waals surface area contributed by atoms with Gasteiger partial charge >= 0.3 is 0 Å². The fourth-order valence-electron chi connectivity index (χ4n) is 3.22. The van der Waals surface area contributed by atoms with Gasteiger partial charge in [-0.05, 0) is 75.7 Å². The standard InChI is InChI=1S/C20H14INO5/c21-18-12(2-4-16-19(18)27-10-25-16)7-14-13(8-22-20(14)23)5-11-1-3-15-17(6-11)26-9-24-15/h1-7H,8-10H2,(H,22,23). The van der Waals surface area contributed by atoms with Gasteiger partial charge < -0.3 is 24.3 Å². The molecule has 5 rings (SSSR count). The van der Waals surface area contributed by atoms with Crippen molar-refractivity contribution >= 4 is 40.7 Å². The molecular formula is C20H14INO5. The molecular weight excluding hydrogens is 461 g/mol. The van der Waals surface area contributed by atoms with Crippen LogP contribution in [0.2, 0.25) is 0 Å². The van der Waals surface area contributed by atoms with Crippen molar-refractivity contribution in [2.75, 3.05) is 20.1 Å². The molecule has 0 bridgehead atoms. The molecule has 3 aliphatic rings. The van der Waals surface area contributed by atoms with Crippen LogP contribution >= 0.6 is 22.6 Å². The molecule has 0 unspecified atom stereocenters. The van der Waals surface area contributed by atoms with E-state index in [9.17, 15) is 4.79 Å². The molecule has 136 valence electrons. The second kappa shape index (κ2) is 6.49. The topological polar surface area (TPSA) is 66.0 Å². The molecule has 0 saturated carbocycles. The Labute approximate surface area is 168 Å². The van der Waals surface area contributed by atoms with Crippen molar-refractivity contribution in [3.63, 3.8) is 0 Å². The second-order valence-electron chi connectivity index (χ2n) is 6.23. The summed E-state index contributed by atoms with van der Waals surface area (Å²) in [6.45, 7) is 0.949. The van der Waals surface area contributed by atoms with Gasteiger partial charge in [0.1, 0.15) is 0 Å². The van der Waals surface area contributed by atoms with Crippen molar-refractivity contribution in [2.45, 2.75) is 0 Å². The van der Waals surface area contributed by atoms with Crippen LogP contribution in [0.15, 0.2) is 41.5 Å². The van der Waals surface area contributed by atoms with E-state index in [1.165, 1.54) is 0 Å². The van der Waals surface area contributed by atoms with E-state index in [1.807, 2.05) is 42.5 Å². The second-order valence-corrected chi connectivity index (χ2v) is 7.30. The summed E-state index contributed by atoms with van der Waals surface area (Å²) in [7, 11) is 0. The number of halogens is 1. The van der Waals surface area contributed by atoms with Crippen LogP contribution in [-0.4, -0.2) is 26.0 Å². The Kier molecular flexibility index (Phi) is 3.96. The van der Waals surface area contributed by atoms with E-state index in [-0.39, 0.29) is 19.5 Å². The number of hydrogen-bond donors (Lipinski definition) is 1. The summed E-state index contributed by atoms with van der Waals surface area (Å²) in [5, 5.41) is 2.89. The van der Waals surface area contributed by atoms with E-state index in [1.54, 1.807) is 0 Å². The Balaban J connectivity index is 1.53. The quantitative estimate of drug-likeness (QED) is 0.534. The number of rotatable bonds is 2. The third-order valence-electron chi connectivity index (χ3n) is 4.58. The average Bonchev–Trinajstić information content (AvgIpc) is 3.39. The molecule has 2 aromatic carbocycles. The Morgan fingerprint density at radius 2 is 1.70 bits per heavy atom. The number of fused-ring (bicyclic) bond motifs is 2. The van der Waals surface area contributed by atoms with Crippen LogP contribution in [0.5, 0.6) is 23.0 Å². The lowest BCUT2D eigenvalue weighted by Gasteiger charge is -2.05. The molecule has 1 N–H and O–H groups in total. The summed E-state index contributed by atoms with van der Waals surface area (Å²) < 4.78 is 22.6. The number of hydrogen-bond acceptors (Lipinski definition) is 5.